The van der Waals surface area contributed by atoms with E-state index in [4.69, 9.17) is 21.7 Å². The van der Waals surface area contributed by atoms with Crippen molar-refractivity contribution in [3.8, 4) is 11.3 Å². The van der Waals surface area contributed by atoms with Crippen LogP contribution in [0, 0.1) is 13.8 Å². The maximum Gasteiger partial charge on any atom is 0.371 e. The van der Waals surface area contributed by atoms with E-state index < -0.39 is 5.97 Å². The number of anilines is 1. The van der Waals surface area contributed by atoms with Crippen molar-refractivity contribution in [1.82, 2.24) is 5.32 Å². The molecular formula is C21H18N2O4S. The molecule has 142 valence electrons. The number of benzene rings is 2. The molecule has 1 amide bonds. The van der Waals surface area contributed by atoms with Gasteiger partial charge in [-0.25, -0.2) is 4.79 Å². The number of thiocarbonyl (C=S) groups is 1. The van der Waals surface area contributed by atoms with Gasteiger partial charge in [0, 0.05) is 16.8 Å². The highest BCUT2D eigenvalue weighted by Gasteiger charge is 2.13. The number of aryl methyl sites for hydroxylation is 2. The van der Waals surface area contributed by atoms with Gasteiger partial charge in [0.2, 0.25) is 5.76 Å². The number of carboxylic acids is 1. The van der Waals surface area contributed by atoms with Crippen molar-refractivity contribution in [2.45, 2.75) is 13.8 Å². The average Bonchev–Trinajstić information content (AvgIpc) is 3.14. The van der Waals surface area contributed by atoms with Gasteiger partial charge < -0.3 is 14.8 Å². The fourth-order valence-electron chi connectivity index (χ4n) is 2.67. The number of rotatable bonds is 4. The molecule has 1 aromatic heterocycles. The summed E-state index contributed by atoms with van der Waals surface area (Å²) in [5.74, 6) is -1.13. The van der Waals surface area contributed by atoms with Crippen LogP contribution in [-0.2, 0) is 0 Å². The molecule has 3 rings (SSSR count). The van der Waals surface area contributed by atoms with E-state index in [1.54, 1.807) is 24.3 Å². The summed E-state index contributed by atoms with van der Waals surface area (Å²) in [6.45, 7) is 3.75. The van der Waals surface area contributed by atoms with Gasteiger partial charge in [-0.05, 0) is 61.5 Å². The molecule has 3 N–H and O–H groups in total. The summed E-state index contributed by atoms with van der Waals surface area (Å²) in [6, 6.07) is 15.7. The number of hydrogen-bond acceptors (Lipinski definition) is 4. The summed E-state index contributed by atoms with van der Waals surface area (Å²) >= 11 is 5.27. The van der Waals surface area contributed by atoms with E-state index in [2.05, 4.69) is 10.6 Å². The van der Waals surface area contributed by atoms with Crippen LogP contribution in [0.15, 0.2) is 59.0 Å². The molecule has 0 fully saturated rings. The van der Waals surface area contributed by atoms with Crippen LogP contribution < -0.4 is 10.6 Å². The second kappa shape index (κ2) is 8.06. The van der Waals surface area contributed by atoms with E-state index >= 15 is 0 Å². The summed E-state index contributed by atoms with van der Waals surface area (Å²) in [5, 5.41) is 14.8. The van der Waals surface area contributed by atoms with Crippen LogP contribution in [0.1, 0.15) is 32.0 Å². The minimum atomic E-state index is -1.13. The summed E-state index contributed by atoms with van der Waals surface area (Å²) in [7, 11) is 0. The predicted molar refractivity (Wildman–Crippen MR) is 111 cm³/mol. The molecule has 0 spiro atoms. The molecule has 0 unspecified atom stereocenters. The van der Waals surface area contributed by atoms with Crippen molar-refractivity contribution in [3.63, 3.8) is 0 Å². The zero-order valence-corrected chi connectivity index (χ0v) is 16.1. The fourth-order valence-corrected chi connectivity index (χ4v) is 2.87. The molecule has 28 heavy (non-hydrogen) atoms. The van der Waals surface area contributed by atoms with Gasteiger partial charge in [0.05, 0.1) is 0 Å². The third-order valence-corrected chi connectivity index (χ3v) is 4.41. The minimum Gasteiger partial charge on any atom is -0.475 e. The fraction of sp³-hybridized carbons (Fsp3) is 0.0952. The number of nitrogens with one attached hydrogen (secondary N) is 2. The highest BCUT2D eigenvalue weighted by atomic mass is 32.1. The monoisotopic (exact) mass is 394 g/mol. The van der Waals surface area contributed by atoms with Crippen LogP contribution in [-0.4, -0.2) is 22.1 Å². The Morgan fingerprint density at radius 3 is 2.43 bits per heavy atom. The summed E-state index contributed by atoms with van der Waals surface area (Å²) in [4.78, 5) is 23.4. The maximum atomic E-state index is 12.4. The molecule has 0 bridgehead atoms. The zero-order chi connectivity index (χ0) is 20.3. The van der Waals surface area contributed by atoms with Crippen molar-refractivity contribution < 1.29 is 19.1 Å². The third kappa shape index (κ3) is 4.27. The lowest BCUT2D eigenvalue weighted by Crippen LogP contribution is -2.34. The Morgan fingerprint density at radius 2 is 1.75 bits per heavy atom. The van der Waals surface area contributed by atoms with E-state index in [1.807, 2.05) is 38.1 Å². The summed E-state index contributed by atoms with van der Waals surface area (Å²) < 4.78 is 5.34. The van der Waals surface area contributed by atoms with E-state index in [1.165, 1.54) is 6.07 Å². The molecule has 0 aliphatic rings. The molecule has 0 saturated carbocycles. The van der Waals surface area contributed by atoms with Crippen LogP contribution in [0.2, 0.25) is 0 Å². The number of carboxylic acid groups (broad SMARTS) is 1. The molecule has 0 radical (unpaired) electrons. The second-order valence-electron chi connectivity index (χ2n) is 6.22. The molecule has 7 heteroatoms. The van der Waals surface area contributed by atoms with Gasteiger partial charge in [-0.3, -0.25) is 10.1 Å². The van der Waals surface area contributed by atoms with Gasteiger partial charge in [0.1, 0.15) is 5.76 Å². The van der Waals surface area contributed by atoms with E-state index in [9.17, 15) is 9.59 Å². The van der Waals surface area contributed by atoms with Crippen molar-refractivity contribution in [2.75, 3.05) is 5.32 Å². The highest BCUT2D eigenvalue weighted by molar-refractivity contribution is 7.80. The first kappa shape index (κ1) is 19.3. The molecule has 0 aliphatic carbocycles. The third-order valence-electron chi connectivity index (χ3n) is 4.20. The Bertz CT molecular complexity index is 1070. The van der Waals surface area contributed by atoms with Gasteiger partial charge in [-0.1, -0.05) is 30.3 Å². The van der Waals surface area contributed by atoms with Crippen LogP contribution in [0.5, 0.6) is 0 Å². The van der Waals surface area contributed by atoms with Crippen LogP contribution in [0.25, 0.3) is 11.3 Å². The zero-order valence-electron chi connectivity index (χ0n) is 15.3. The van der Waals surface area contributed by atoms with Gasteiger partial charge in [0.15, 0.2) is 5.11 Å². The highest BCUT2D eigenvalue weighted by Crippen LogP contribution is 2.27. The molecule has 1 heterocycles. The standard InChI is InChI=1S/C21H18N2O4S/c1-12-5-3-4-6-15(12)19(24)23-21(28)22-16-11-14(8-7-13(16)2)17-9-10-18(27-17)20(25)26/h3-11H,1-2H3,(H,25,26)(H2,22,23,24,28). The Morgan fingerprint density at radius 1 is 1.00 bits per heavy atom. The van der Waals surface area contributed by atoms with Crippen LogP contribution in [0.4, 0.5) is 5.69 Å². The van der Waals surface area contributed by atoms with Gasteiger partial charge in [-0.15, -0.1) is 0 Å². The molecule has 0 aliphatic heterocycles. The largest absolute Gasteiger partial charge is 0.475 e. The van der Waals surface area contributed by atoms with Gasteiger partial charge in [-0.2, -0.15) is 0 Å². The number of furan rings is 1. The van der Waals surface area contributed by atoms with Crippen LogP contribution in [0.3, 0.4) is 0 Å². The van der Waals surface area contributed by atoms with Gasteiger partial charge >= 0.3 is 5.97 Å². The average molecular weight is 394 g/mol. The smallest absolute Gasteiger partial charge is 0.371 e. The first-order chi connectivity index (χ1) is 13.3. The second-order valence-corrected chi connectivity index (χ2v) is 6.63. The van der Waals surface area contributed by atoms with E-state index in [0.29, 0.717) is 22.6 Å². The number of amides is 1. The topological polar surface area (TPSA) is 91.6 Å². The molecule has 3 aromatic rings. The number of carbonyl (C=O) groups is 2. The lowest BCUT2D eigenvalue weighted by molar-refractivity contribution is 0.0663. The Kier molecular flexibility index (Phi) is 5.56. The van der Waals surface area contributed by atoms with Crippen molar-refractivity contribution in [2.24, 2.45) is 0 Å². The number of hydrogen-bond donors (Lipinski definition) is 3. The minimum absolute atomic E-state index is 0.133. The SMILES string of the molecule is Cc1ccc(-c2ccc(C(=O)O)o2)cc1NC(=S)NC(=O)c1ccccc1C. The molecule has 0 atom stereocenters. The molecular weight excluding hydrogens is 376 g/mol. The van der Waals surface area contributed by atoms with Crippen LogP contribution >= 0.6 is 12.2 Å². The first-order valence-electron chi connectivity index (χ1n) is 8.47. The van der Waals surface area contributed by atoms with E-state index in [-0.39, 0.29) is 16.8 Å². The molecule has 0 saturated heterocycles. The van der Waals surface area contributed by atoms with Crippen molar-refractivity contribution >= 4 is 34.9 Å². The lowest BCUT2D eigenvalue weighted by Gasteiger charge is -2.13. The lowest BCUT2D eigenvalue weighted by atomic mass is 10.1. The Labute approximate surface area is 167 Å². The van der Waals surface area contributed by atoms with Crippen molar-refractivity contribution in [3.05, 3.63) is 77.0 Å². The Balaban J connectivity index is 1.76. The normalized spacial score (nSPS) is 10.4. The quantitative estimate of drug-likeness (QED) is 0.569. The molecule has 2 aromatic carbocycles. The number of carbonyl (C=O) groups excluding carboxylic acids is 1. The molecule has 6 nitrogen and oxygen atoms in total. The predicted octanol–water partition coefficient (Wildman–Crippen LogP) is 4.39. The Hall–Kier alpha value is -3.45. The van der Waals surface area contributed by atoms with Crippen molar-refractivity contribution in [1.29, 1.82) is 0 Å². The maximum absolute atomic E-state index is 12.4. The summed E-state index contributed by atoms with van der Waals surface area (Å²) in [5.41, 5.74) is 3.68. The summed E-state index contributed by atoms with van der Waals surface area (Å²) in [6.07, 6.45) is 0. The number of aromatic carboxylic acids is 1. The van der Waals surface area contributed by atoms with E-state index in [0.717, 1.165) is 11.1 Å². The van der Waals surface area contributed by atoms with Gasteiger partial charge in [0.25, 0.3) is 5.91 Å². The first-order valence-corrected chi connectivity index (χ1v) is 8.88.